The minimum Gasteiger partial charge on any atom is -0.508 e. The van der Waals surface area contributed by atoms with Crippen molar-refractivity contribution in [2.75, 3.05) is 5.32 Å². The molecule has 2 atom stereocenters. The van der Waals surface area contributed by atoms with Gasteiger partial charge >= 0.3 is 0 Å². The molecule has 1 aromatic heterocycles. The van der Waals surface area contributed by atoms with Crippen molar-refractivity contribution in [2.24, 2.45) is 11.3 Å². The zero-order chi connectivity index (χ0) is 21.3. The molecule has 2 aromatic rings. The quantitative estimate of drug-likeness (QED) is 0.748. The van der Waals surface area contributed by atoms with Crippen LogP contribution in [0.4, 0.5) is 5.82 Å². The summed E-state index contributed by atoms with van der Waals surface area (Å²) in [7, 11) is 0. The first kappa shape index (κ1) is 19.8. The van der Waals surface area contributed by atoms with Crippen molar-refractivity contribution in [3.8, 4) is 17.0 Å². The lowest BCUT2D eigenvalue weighted by Crippen LogP contribution is -2.27. The molecule has 1 amide bonds. The second-order valence-electron chi connectivity index (χ2n) is 8.09. The molecule has 2 N–H and O–H groups in total. The van der Waals surface area contributed by atoms with Gasteiger partial charge in [-0.05, 0) is 48.3 Å². The summed E-state index contributed by atoms with van der Waals surface area (Å²) in [6.07, 6.45) is 14.7. The van der Waals surface area contributed by atoms with Crippen LogP contribution in [0.3, 0.4) is 0 Å². The number of hydrogen-bond acceptors (Lipinski definition) is 4. The van der Waals surface area contributed by atoms with E-state index in [2.05, 4.69) is 65.6 Å². The Kier molecular flexibility index (Phi) is 5.12. The van der Waals surface area contributed by atoms with Crippen LogP contribution >= 0.6 is 0 Å². The molecule has 2 unspecified atom stereocenters. The molecule has 0 bridgehead atoms. The normalized spacial score (nSPS) is 22.2. The molecule has 0 aliphatic heterocycles. The van der Waals surface area contributed by atoms with Crippen LogP contribution in [0.15, 0.2) is 78.1 Å². The monoisotopic (exact) mass is 399 g/mol. The summed E-state index contributed by atoms with van der Waals surface area (Å²) < 4.78 is 0. The lowest BCUT2D eigenvalue weighted by atomic mass is 9.67. The second kappa shape index (κ2) is 7.75. The number of hydrogen-bond donors (Lipinski definition) is 2. The molecule has 0 saturated heterocycles. The fourth-order valence-corrected chi connectivity index (χ4v) is 3.80. The minimum atomic E-state index is -0.121. The van der Waals surface area contributed by atoms with Gasteiger partial charge in [-0.15, -0.1) is 0 Å². The fourth-order valence-electron chi connectivity index (χ4n) is 3.80. The van der Waals surface area contributed by atoms with Crippen LogP contribution in [0, 0.1) is 18.3 Å². The van der Waals surface area contributed by atoms with Crippen LogP contribution in [0.5, 0.6) is 5.75 Å². The number of rotatable bonds is 4. The number of carbonyl (C=O) groups excluding carboxylic acids is 1. The Hall–Kier alpha value is -3.47. The van der Waals surface area contributed by atoms with Gasteiger partial charge in [0.1, 0.15) is 5.75 Å². The number of benzene rings is 1. The highest BCUT2D eigenvalue weighted by Gasteiger charge is 2.33. The highest BCUT2D eigenvalue weighted by atomic mass is 16.3. The summed E-state index contributed by atoms with van der Waals surface area (Å²) in [5, 5.41) is 12.3. The summed E-state index contributed by atoms with van der Waals surface area (Å²) in [5.74, 6) is 0.962. The van der Waals surface area contributed by atoms with E-state index in [0.29, 0.717) is 23.1 Å². The first-order valence-electron chi connectivity index (χ1n) is 10.1. The Morgan fingerprint density at radius 2 is 2.03 bits per heavy atom. The summed E-state index contributed by atoms with van der Waals surface area (Å²) in [6.45, 7) is 6.26. The van der Waals surface area contributed by atoms with Gasteiger partial charge < -0.3 is 10.4 Å². The first-order valence-corrected chi connectivity index (χ1v) is 10.1. The summed E-state index contributed by atoms with van der Waals surface area (Å²) >= 11 is 0. The van der Waals surface area contributed by atoms with E-state index in [1.165, 1.54) is 5.57 Å². The number of phenolic OH excluding ortho intramolecular Hbond substituents is 1. The molecule has 5 nitrogen and oxygen atoms in total. The van der Waals surface area contributed by atoms with Gasteiger partial charge in [-0.25, -0.2) is 9.97 Å². The van der Waals surface area contributed by atoms with Crippen molar-refractivity contribution in [2.45, 2.75) is 27.2 Å². The molecule has 30 heavy (non-hydrogen) atoms. The van der Waals surface area contributed by atoms with E-state index in [4.69, 9.17) is 0 Å². The zero-order valence-electron chi connectivity index (χ0n) is 17.4. The molecule has 1 aromatic carbocycles. The smallest absolute Gasteiger partial charge is 0.229 e. The van der Waals surface area contributed by atoms with Gasteiger partial charge in [0.2, 0.25) is 5.91 Å². The van der Waals surface area contributed by atoms with Crippen molar-refractivity contribution in [3.63, 3.8) is 0 Å². The Bertz CT molecular complexity index is 1110. The first-order chi connectivity index (χ1) is 14.3. The van der Waals surface area contributed by atoms with Crippen LogP contribution in [0.1, 0.15) is 26.0 Å². The molecule has 1 heterocycles. The lowest BCUT2D eigenvalue weighted by Gasteiger charge is -2.37. The van der Waals surface area contributed by atoms with Crippen molar-refractivity contribution >= 4 is 11.7 Å². The third-order valence-corrected chi connectivity index (χ3v) is 5.96. The van der Waals surface area contributed by atoms with Crippen LogP contribution in [0.25, 0.3) is 11.3 Å². The number of fused-ring (bicyclic) bond motifs is 1. The van der Waals surface area contributed by atoms with E-state index >= 15 is 0 Å². The molecule has 2 aliphatic rings. The number of nitrogens with zero attached hydrogens (tertiary/aromatic N) is 2. The maximum absolute atomic E-state index is 12.6. The van der Waals surface area contributed by atoms with Gasteiger partial charge in [0.25, 0.3) is 0 Å². The molecule has 0 saturated carbocycles. The number of nitrogens with one attached hydrogen (secondary N) is 1. The third-order valence-electron chi connectivity index (χ3n) is 5.96. The van der Waals surface area contributed by atoms with Crippen molar-refractivity contribution in [1.29, 1.82) is 0 Å². The average molecular weight is 399 g/mol. The lowest BCUT2D eigenvalue weighted by molar-refractivity contribution is -0.115. The van der Waals surface area contributed by atoms with E-state index in [0.717, 1.165) is 11.1 Å². The Labute approximate surface area is 176 Å². The van der Waals surface area contributed by atoms with Gasteiger partial charge in [0, 0.05) is 11.0 Å². The minimum absolute atomic E-state index is 0.0130. The van der Waals surface area contributed by atoms with Crippen LogP contribution in [-0.4, -0.2) is 21.0 Å². The highest BCUT2D eigenvalue weighted by molar-refractivity contribution is 5.92. The Morgan fingerprint density at radius 3 is 2.77 bits per heavy atom. The van der Waals surface area contributed by atoms with E-state index in [1.807, 2.05) is 6.92 Å². The van der Waals surface area contributed by atoms with Crippen molar-refractivity contribution in [1.82, 2.24) is 9.97 Å². The van der Waals surface area contributed by atoms with Gasteiger partial charge in [-0.2, -0.15) is 0 Å². The SMILES string of the molecule is Cc1nc(-c2ccc(O)cc2)cnc1NC(=O)CC1=CC2=CC=CC(C)C2(C)C=C1. The molecular formula is C25H25N3O2. The molecule has 0 spiro atoms. The maximum Gasteiger partial charge on any atom is 0.229 e. The van der Waals surface area contributed by atoms with Crippen LogP contribution < -0.4 is 5.32 Å². The molecule has 4 rings (SSSR count). The molecule has 0 fully saturated rings. The van der Waals surface area contributed by atoms with Crippen LogP contribution in [0.2, 0.25) is 0 Å². The van der Waals surface area contributed by atoms with Gasteiger partial charge in [-0.3, -0.25) is 4.79 Å². The number of aryl methyl sites for hydroxylation is 1. The molecule has 2 aliphatic carbocycles. The van der Waals surface area contributed by atoms with Gasteiger partial charge in [0.15, 0.2) is 5.82 Å². The zero-order valence-corrected chi connectivity index (χ0v) is 17.4. The number of aromatic hydroxyl groups is 1. The summed E-state index contributed by atoms with van der Waals surface area (Å²) in [5.41, 5.74) is 4.38. The molecule has 152 valence electrons. The Balaban J connectivity index is 1.45. The molecular weight excluding hydrogens is 374 g/mol. The van der Waals surface area contributed by atoms with Crippen molar-refractivity contribution < 1.29 is 9.90 Å². The highest BCUT2D eigenvalue weighted by Crippen LogP contribution is 2.44. The van der Waals surface area contributed by atoms with E-state index in [9.17, 15) is 9.90 Å². The number of amides is 1. The summed E-state index contributed by atoms with van der Waals surface area (Å²) in [6, 6.07) is 6.78. The van der Waals surface area contributed by atoms with Gasteiger partial charge in [-0.1, -0.05) is 50.3 Å². The molecule has 0 radical (unpaired) electrons. The van der Waals surface area contributed by atoms with Crippen molar-refractivity contribution in [3.05, 3.63) is 83.8 Å². The fraction of sp³-hybridized carbons (Fsp3) is 0.240. The van der Waals surface area contributed by atoms with Gasteiger partial charge in [0.05, 0.1) is 24.0 Å². The number of carbonyl (C=O) groups is 1. The standard InChI is InChI=1S/C25H25N3O2/c1-16-5-4-6-20-13-18(11-12-25(16,20)3)14-23(30)28-24-17(2)27-22(15-26-24)19-7-9-21(29)10-8-19/h4-13,15-16,29H,14H2,1-3H3,(H,26,28,30). The molecule has 5 heteroatoms. The number of aromatic nitrogens is 2. The average Bonchev–Trinajstić information content (AvgIpc) is 2.72. The number of allylic oxidation sites excluding steroid dienone is 7. The van der Waals surface area contributed by atoms with E-state index in [-0.39, 0.29) is 23.5 Å². The summed E-state index contributed by atoms with van der Waals surface area (Å²) in [4.78, 5) is 21.5. The maximum atomic E-state index is 12.6. The third kappa shape index (κ3) is 3.83. The Morgan fingerprint density at radius 1 is 1.27 bits per heavy atom. The predicted molar refractivity (Wildman–Crippen MR) is 119 cm³/mol. The largest absolute Gasteiger partial charge is 0.508 e. The van der Waals surface area contributed by atoms with Crippen LogP contribution in [-0.2, 0) is 4.79 Å². The number of phenols is 1. The topological polar surface area (TPSA) is 75.1 Å². The predicted octanol–water partition coefficient (Wildman–Crippen LogP) is 5.12. The second-order valence-corrected chi connectivity index (χ2v) is 8.09. The number of anilines is 1. The van der Waals surface area contributed by atoms with E-state index < -0.39 is 0 Å². The van der Waals surface area contributed by atoms with E-state index in [1.54, 1.807) is 30.5 Å².